The van der Waals surface area contributed by atoms with Crippen molar-refractivity contribution >= 4 is 15.8 Å². The smallest absolute Gasteiger partial charge is 0.212 e. The average Bonchev–Trinajstić information content (AvgIpc) is 2.51. The minimum atomic E-state index is -3.32. The van der Waals surface area contributed by atoms with Gasteiger partial charge in [0.1, 0.15) is 5.78 Å². The van der Waals surface area contributed by atoms with Gasteiger partial charge in [0.25, 0.3) is 0 Å². The van der Waals surface area contributed by atoms with E-state index in [0.717, 1.165) is 12.8 Å². The maximum Gasteiger partial charge on any atom is 0.212 e. The van der Waals surface area contributed by atoms with Crippen LogP contribution >= 0.6 is 0 Å². The third-order valence-corrected chi connectivity index (χ3v) is 6.38. The van der Waals surface area contributed by atoms with Crippen LogP contribution in [0.5, 0.6) is 0 Å². The summed E-state index contributed by atoms with van der Waals surface area (Å²) in [6.07, 6.45) is 2.27. The monoisotopic (exact) mass is 245 g/mol. The van der Waals surface area contributed by atoms with Crippen LogP contribution in [0.2, 0.25) is 0 Å². The Morgan fingerprint density at radius 3 is 2.44 bits per heavy atom. The number of carbonyl (C=O) groups excluding carboxylic acids is 1. The molecule has 92 valence electrons. The number of nitrogens with one attached hydrogen (secondary N) is 1. The third kappa shape index (κ3) is 1.37. The Bertz CT molecular complexity index is 427. The van der Waals surface area contributed by atoms with Crippen LogP contribution in [0.15, 0.2) is 0 Å². The number of hydrogen-bond acceptors (Lipinski definition) is 3. The first-order chi connectivity index (χ1) is 7.25. The predicted molar refractivity (Wildman–Crippen MR) is 61.4 cm³/mol. The molecule has 5 heteroatoms. The van der Waals surface area contributed by atoms with Gasteiger partial charge in [0.15, 0.2) is 0 Å². The quantitative estimate of drug-likeness (QED) is 0.804. The molecule has 1 N–H and O–H groups in total. The zero-order valence-electron chi connectivity index (χ0n) is 10.0. The fourth-order valence-electron chi connectivity index (χ4n) is 3.50. The molecule has 0 aromatic heterocycles. The lowest BCUT2D eigenvalue weighted by Crippen LogP contribution is -2.44. The third-order valence-electron chi connectivity index (χ3n) is 4.89. The van der Waals surface area contributed by atoms with Gasteiger partial charge in [-0.3, -0.25) is 4.79 Å². The number of Topliss-reactive ketones (excluding diaryl/α,β-unsaturated/α-hetero) is 1. The average molecular weight is 245 g/mol. The summed E-state index contributed by atoms with van der Waals surface area (Å²) in [5.74, 6) is 0.471. The molecular formula is C11H19NO3S. The summed E-state index contributed by atoms with van der Waals surface area (Å²) in [5.41, 5.74) is -0.812. The van der Waals surface area contributed by atoms with E-state index in [4.69, 9.17) is 0 Å². The summed E-state index contributed by atoms with van der Waals surface area (Å²) in [7, 11) is -1.91. The second-order valence-electron chi connectivity index (χ2n) is 5.63. The summed E-state index contributed by atoms with van der Waals surface area (Å²) in [4.78, 5) is 12.1. The molecule has 2 atom stereocenters. The highest BCUT2D eigenvalue weighted by Gasteiger charge is 2.65. The molecule has 4 nitrogen and oxygen atoms in total. The Morgan fingerprint density at radius 1 is 1.44 bits per heavy atom. The molecule has 2 fully saturated rings. The summed E-state index contributed by atoms with van der Waals surface area (Å²) in [6, 6.07) is 0. The van der Waals surface area contributed by atoms with Crippen molar-refractivity contribution in [2.45, 2.75) is 33.1 Å². The van der Waals surface area contributed by atoms with Gasteiger partial charge in [0.05, 0.1) is 5.75 Å². The van der Waals surface area contributed by atoms with Gasteiger partial charge in [-0.25, -0.2) is 13.1 Å². The molecule has 0 unspecified atom stereocenters. The van der Waals surface area contributed by atoms with E-state index in [1.165, 1.54) is 7.05 Å². The Hall–Kier alpha value is -0.420. The summed E-state index contributed by atoms with van der Waals surface area (Å²) in [5, 5.41) is 0. The first-order valence-corrected chi connectivity index (χ1v) is 7.35. The standard InChI is InChI=1S/C11H19NO3S/c1-10(2)8-4-5-11(10,9(13)6-8)7-16(14,15)12-3/h8,12H,4-7H2,1-3H3/t8-,11-/m0/s1. The number of hydrogen-bond donors (Lipinski definition) is 1. The van der Waals surface area contributed by atoms with Crippen LogP contribution in [0, 0.1) is 16.7 Å². The van der Waals surface area contributed by atoms with Gasteiger partial charge in [-0.05, 0) is 31.2 Å². The maximum atomic E-state index is 12.1. The normalized spacial score (nSPS) is 36.9. The highest BCUT2D eigenvalue weighted by molar-refractivity contribution is 7.89. The number of sulfonamides is 1. The van der Waals surface area contributed by atoms with Crippen molar-refractivity contribution in [1.82, 2.24) is 4.72 Å². The molecule has 0 amide bonds. The zero-order chi connectivity index (χ0) is 12.2. The van der Waals surface area contributed by atoms with Crippen LogP contribution in [0.4, 0.5) is 0 Å². The zero-order valence-corrected chi connectivity index (χ0v) is 10.9. The molecule has 2 bridgehead atoms. The molecule has 0 aliphatic heterocycles. The lowest BCUT2D eigenvalue weighted by molar-refractivity contribution is -0.128. The van der Waals surface area contributed by atoms with E-state index in [1.54, 1.807) is 0 Å². The van der Waals surface area contributed by atoms with Crippen molar-refractivity contribution < 1.29 is 13.2 Å². The minimum absolute atomic E-state index is 0.0428. The number of rotatable bonds is 3. The van der Waals surface area contributed by atoms with Crippen LogP contribution in [0.3, 0.4) is 0 Å². The summed E-state index contributed by atoms with van der Waals surface area (Å²) >= 11 is 0. The molecule has 16 heavy (non-hydrogen) atoms. The van der Waals surface area contributed by atoms with Gasteiger partial charge >= 0.3 is 0 Å². The molecule has 0 spiro atoms. The van der Waals surface area contributed by atoms with E-state index in [9.17, 15) is 13.2 Å². The van der Waals surface area contributed by atoms with Crippen molar-refractivity contribution in [2.75, 3.05) is 12.8 Å². The second kappa shape index (κ2) is 3.29. The van der Waals surface area contributed by atoms with E-state index < -0.39 is 15.4 Å². The molecule has 2 aliphatic carbocycles. The highest BCUT2D eigenvalue weighted by atomic mass is 32.2. The van der Waals surface area contributed by atoms with E-state index in [1.807, 2.05) is 13.8 Å². The lowest BCUT2D eigenvalue weighted by Gasteiger charge is -2.35. The molecule has 0 saturated heterocycles. The van der Waals surface area contributed by atoms with Crippen LogP contribution < -0.4 is 4.72 Å². The van der Waals surface area contributed by atoms with Crippen molar-refractivity contribution in [1.29, 1.82) is 0 Å². The van der Waals surface area contributed by atoms with Crippen LogP contribution in [0.25, 0.3) is 0 Å². The number of ketones is 1. The van der Waals surface area contributed by atoms with Gasteiger partial charge in [0, 0.05) is 11.8 Å². The van der Waals surface area contributed by atoms with Crippen LogP contribution in [-0.4, -0.2) is 27.0 Å². The molecule has 2 aliphatic rings. The molecule has 2 rings (SSSR count). The van der Waals surface area contributed by atoms with E-state index in [-0.39, 0.29) is 17.0 Å². The van der Waals surface area contributed by atoms with E-state index in [0.29, 0.717) is 12.3 Å². The molecule has 0 heterocycles. The lowest BCUT2D eigenvalue weighted by atomic mass is 9.70. The predicted octanol–water partition coefficient (Wildman–Crippen LogP) is 0.931. The van der Waals surface area contributed by atoms with Gasteiger partial charge in [-0.2, -0.15) is 0 Å². The molecule has 0 aromatic carbocycles. The molecule has 2 saturated carbocycles. The highest BCUT2D eigenvalue weighted by Crippen LogP contribution is 2.64. The maximum absolute atomic E-state index is 12.1. The van der Waals surface area contributed by atoms with Gasteiger partial charge < -0.3 is 0 Å². The summed E-state index contributed by atoms with van der Waals surface area (Å²) < 4.78 is 25.7. The Morgan fingerprint density at radius 2 is 2.06 bits per heavy atom. The van der Waals surface area contributed by atoms with E-state index >= 15 is 0 Å². The van der Waals surface area contributed by atoms with Crippen LogP contribution in [-0.2, 0) is 14.8 Å². The number of fused-ring (bicyclic) bond motifs is 2. The molecule has 0 aromatic rings. The summed E-state index contributed by atoms with van der Waals surface area (Å²) in [6.45, 7) is 4.08. The number of carbonyl (C=O) groups is 1. The largest absolute Gasteiger partial charge is 0.299 e. The Kier molecular flexibility index (Phi) is 2.48. The second-order valence-corrected chi connectivity index (χ2v) is 7.56. The first kappa shape index (κ1) is 12.0. The minimum Gasteiger partial charge on any atom is -0.299 e. The molecule has 0 radical (unpaired) electrons. The van der Waals surface area contributed by atoms with Crippen molar-refractivity contribution in [3.8, 4) is 0 Å². The van der Waals surface area contributed by atoms with Gasteiger partial charge in [-0.1, -0.05) is 13.8 Å². The van der Waals surface area contributed by atoms with E-state index in [2.05, 4.69) is 4.72 Å². The SMILES string of the molecule is CNS(=O)(=O)C[C@@]12CC[C@@H](CC1=O)C2(C)C. The topological polar surface area (TPSA) is 63.2 Å². The fourth-order valence-corrected chi connectivity index (χ4v) is 4.98. The first-order valence-electron chi connectivity index (χ1n) is 5.70. The van der Waals surface area contributed by atoms with Gasteiger partial charge in [-0.15, -0.1) is 0 Å². The van der Waals surface area contributed by atoms with Crippen molar-refractivity contribution in [2.24, 2.45) is 16.7 Å². The molecular weight excluding hydrogens is 226 g/mol. The van der Waals surface area contributed by atoms with Crippen molar-refractivity contribution in [3.05, 3.63) is 0 Å². The van der Waals surface area contributed by atoms with Crippen LogP contribution in [0.1, 0.15) is 33.1 Å². The van der Waals surface area contributed by atoms with Crippen molar-refractivity contribution in [3.63, 3.8) is 0 Å². The fraction of sp³-hybridized carbons (Fsp3) is 0.909. The Labute approximate surface area is 96.8 Å². The van der Waals surface area contributed by atoms with Gasteiger partial charge in [0.2, 0.25) is 10.0 Å². The Balaban J connectivity index is 2.40.